The highest BCUT2D eigenvalue weighted by Crippen LogP contribution is 2.07. The molecule has 18 heavy (non-hydrogen) atoms. The van der Waals surface area contributed by atoms with E-state index in [2.05, 4.69) is 6.92 Å². The summed E-state index contributed by atoms with van der Waals surface area (Å²) in [5.41, 5.74) is 0.414. The monoisotopic (exact) mass is 248 g/mol. The Hall–Kier alpha value is -1.64. The van der Waals surface area contributed by atoms with E-state index >= 15 is 0 Å². The Morgan fingerprint density at radius 3 is 2.33 bits per heavy atom. The topological polar surface area (TPSA) is 43.4 Å². The summed E-state index contributed by atoms with van der Waals surface area (Å²) in [5.74, 6) is -0.991. The van der Waals surface area contributed by atoms with Crippen molar-refractivity contribution in [2.45, 2.75) is 45.4 Å². The first-order valence-corrected chi connectivity index (χ1v) is 6.54. The zero-order valence-corrected chi connectivity index (χ0v) is 10.9. The summed E-state index contributed by atoms with van der Waals surface area (Å²) in [6.07, 6.45) is 5.64. The molecule has 0 aromatic heterocycles. The van der Waals surface area contributed by atoms with Gasteiger partial charge in [-0.1, -0.05) is 50.8 Å². The van der Waals surface area contributed by atoms with E-state index in [4.69, 9.17) is 4.74 Å². The molecule has 0 saturated heterocycles. The molecule has 1 aromatic carbocycles. The molecule has 0 aliphatic rings. The van der Waals surface area contributed by atoms with Crippen LogP contribution in [-0.2, 0) is 9.53 Å². The van der Waals surface area contributed by atoms with Gasteiger partial charge in [-0.05, 0) is 18.6 Å². The van der Waals surface area contributed by atoms with Crippen LogP contribution in [0.5, 0.6) is 0 Å². The minimum absolute atomic E-state index is 0.322. The molecule has 0 heterocycles. The number of benzene rings is 1. The van der Waals surface area contributed by atoms with Crippen LogP contribution < -0.4 is 0 Å². The Bertz CT molecular complexity index is 371. The van der Waals surface area contributed by atoms with Crippen molar-refractivity contribution in [1.29, 1.82) is 0 Å². The van der Waals surface area contributed by atoms with E-state index in [0.29, 0.717) is 12.0 Å². The van der Waals surface area contributed by atoms with Crippen molar-refractivity contribution in [3.63, 3.8) is 0 Å². The molecule has 98 valence electrons. The minimum Gasteiger partial charge on any atom is -0.389 e. The SMILES string of the molecule is CCCCCCCC(=O)OC(=O)c1ccccc1. The molecular weight excluding hydrogens is 228 g/mol. The van der Waals surface area contributed by atoms with Gasteiger partial charge >= 0.3 is 11.9 Å². The lowest BCUT2D eigenvalue weighted by Gasteiger charge is -2.03. The van der Waals surface area contributed by atoms with Crippen LogP contribution in [0.15, 0.2) is 30.3 Å². The number of carbonyl (C=O) groups excluding carboxylic acids is 2. The van der Waals surface area contributed by atoms with Crippen LogP contribution in [0, 0.1) is 0 Å². The van der Waals surface area contributed by atoms with E-state index in [1.807, 2.05) is 6.07 Å². The minimum atomic E-state index is -0.561. The highest BCUT2D eigenvalue weighted by Gasteiger charge is 2.11. The van der Waals surface area contributed by atoms with Crippen molar-refractivity contribution >= 4 is 11.9 Å². The zero-order chi connectivity index (χ0) is 13.2. The lowest BCUT2D eigenvalue weighted by Crippen LogP contribution is -2.12. The van der Waals surface area contributed by atoms with E-state index in [0.717, 1.165) is 19.3 Å². The van der Waals surface area contributed by atoms with Crippen molar-refractivity contribution in [2.75, 3.05) is 0 Å². The van der Waals surface area contributed by atoms with E-state index in [9.17, 15) is 9.59 Å². The van der Waals surface area contributed by atoms with E-state index in [-0.39, 0.29) is 0 Å². The maximum atomic E-state index is 11.5. The second kappa shape index (κ2) is 8.45. The van der Waals surface area contributed by atoms with Crippen LogP contribution in [0.4, 0.5) is 0 Å². The van der Waals surface area contributed by atoms with Gasteiger partial charge in [0.2, 0.25) is 0 Å². The third kappa shape index (κ3) is 5.62. The fourth-order valence-electron chi connectivity index (χ4n) is 1.66. The molecule has 0 atom stereocenters. The third-order valence-electron chi connectivity index (χ3n) is 2.70. The van der Waals surface area contributed by atoms with Crippen molar-refractivity contribution in [3.05, 3.63) is 35.9 Å². The van der Waals surface area contributed by atoms with Gasteiger partial charge in [0.1, 0.15) is 0 Å². The molecule has 0 fully saturated rings. The predicted molar refractivity (Wildman–Crippen MR) is 70.2 cm³/mol. The van der Waals surface area contributed by atoms with Gasteiger partial charge in [0.25, 0.3) is 0 Å². The highest BCUT2D eigenvalue weighted by atomic mass is 16.6. The van der Waals surface area contributed by atoms with Gasteiger partial charge < -0.3 is 4.74 Å². The summed E-state index contributed by atoms with van der Waals surface area (Å²) in [6, 6.07) is 8.57. The normalized spacial score (nSPS) is 10.1. The maximum Gasteiger partial charge on any atom is 0.345 e. The van der Waals surface area contributed by atoms with Crippen LogP contribution in [0.1, 0.15) is 55.8 Å². The van der Waals surface area contributed by atoms with Gasteiger partial charge in [-0.3, -0.25) is 4.79 Å². The molecule has 0 aliphatic carbocycles. The predicted octanol–water partition coefficient (Wildman–Crippen LogP) is 3.73. The lowest BCUT2D eigenvalue weighted by molar-refractivity contribution is -0.138. The third-order valence-corrected chi connectivity index (χ3v) is 2.70. The number of hydrogen-bond acceptors (Lipinski definition) is 3. The molecule has 0 saturated carbocycles. The second-order valence-corrected chi connectivity index (χ2v) is 4.29. The molecule has 3 nitrogen and oxygen atoms in total. The molecular formula is C15H20O3. The van der Waals surface area contributed by atoms with Gasteiger partial charge in [-0.2, -0.15) is 0 Å². The maximum absolute atomic E-state index is 11.5. The molecule has 0 bridgehead atoms. The van der Waals surface area contributed by atoms with Crippen LogP contribution in [0.2, 0.25) is 0 Å². The van der Waals surface area contributed by atoms with Gasteiger partial charge in [0.15, 0.2) is 0 Å². The average molecular weight is 248 g/mol. The first kappa shape index (κ1) is 14.4. The molecule has 0 aliphatic heterocycles. The van der Waals surface area contributed by atoms with Crippen molar-refractivity contribution < 1.29 is 14.3 Å². The first-order chi connectivity index (χ1) is 8.74. The molecule has 0 amide bonds. The van der Waals surface area contributed by atoms with E-state index in [1.54, 1.807) is 24.3 Å². The molecule has 0 spiro atoms. The summed E-state index contributed by atoms with van der Waals surface area (Å²) in [6.45, 7) is 2.15. The number of hydrogen-bond donors (Lipinski definition) is 0. The standard InChI is InChI=1S/C15H20O3/c1-2-3-4-5-9-12-14(16)18-15(17)13-10-7-6-8-11-13/h6-8,10-11H,2-5,9,12H2,1H3. The van der Waals surface area contributed by atoms with Crippen LogP contribution in [0.25, 0.3) is 0 Å². The second-order valence-electron chi connectivity index (χ2n) is 4.29. The van der Waals surface area contributed by atoms with Crippen molar-refractivity contribution in [3.8, 4) is 0 Å². The van der Waals surface area contributed by atoms with Gasteiger partial charge in [0.05, 0.1) is 5.56 Å². The van der Waals surface area contributed by atoms with E-state index < -0.39 is 11.9 Å². The summed E-state index contributed by atoms with van der Waals surface area (Å²) >= 11 is 0. The molecule has 1 aromatic rings. The Labute approximate surface area is 108 Å². The molecule has 1 rings (SSSR count). The van der Waals surface area contributed by atoms with Gasteiger partial charge in [0, 0.05) is 6.42 Å². The molecule has 0 unspecified atom stereocenters. The Balaban J connectivity index is 2.22. The summed E-state index contributed by atoms with van der Waals surface area (Å²) in [7, 11) is 0. The summed E-state index contributed by atoms with van der Waals surface area (Å²) in [5, 5.41) is 0. The number of rotatable bonds is 7. The smallest absolute Gasteiger partial charge is 0.345 e. The number of ether oxygens (including phenoxy) is 1. The van der Waals surface area contributed by atoms with Crippen LogP contribution >= 0.6 is 0 Å². The number of esters is 2. The van der Waals surface area contributed by atoms with Crippen molar-refractivity contribution in [1.82, 2.24) is 0 Å². The van der Waals surface area contributed by atoms with E-state index in [1.165, 1.54) is 12.8 Å². The zero-order valence-electron chi connectivity index (χ0n) is 10.9. The molecule has 3 heteroatoms. The van der Waals surface area contributed by atoms with Crippen LogP contribution in [0.3, 0.4) is 0 Å². The van der Waals surface area contributed by atoms with Gasteiger partial charge in [-0.25, -0.2) is 4.79 Å². The van der Waals surface area contributed by atoms with Crippen LogP contribution in [-0.4, -0.2) is 11.9 Å². The fourth-order valence-corrected chi connectivity index (χ4v) is 1.66. The summed E-state index contributed by atoms with van der Waals surface area (Å²) in [4.78, 5) is 23.0. The lowest BCUT2D eigenvalue weighted by atomic mass is 10.1. The average Bonchev–Trinajstić information content (AvgIpc) is 2.39. The fraction of sp³-hybridized carbons (Fsp3) is 0.467. The Morgan fingerprint density at radius 2 is 1.67 bits per heavy atom. The summed E-state index contributed by atoms with van der Waals surface area (Å²) < 4.78 is 4.77. The van der Waals surface area contributed by atoms with Gasteiger partial charge in [-0.15, -0.1) is 0 Å². The quantitative estimate of drug-likeness (QED) is 0.419. The first-order valence-electron chi connectivity index (χ1n) is 6.54. The molecule has 0 N–H and O–H groups in total. The molecule has 0 radical (unpaired) electrons. The highest BCUT2D eigenvalue weighted by molar-refractivity contribution is 5.96. The Morgan fingerprint density at radius 1 is 1.00 bits per heavy atom. The Kier molecular flexibility index (Phi) is 6.77. The van der Waals surface area contributed by atoms with Crippen molar-refractivity contribution in [2.24, 2.45) is 0 Å². The largest absolute Gasteiger partial charge is 0.389 e. The number of carbonyl (C=O) groups is 2. The number of unbranched alkanes of at least 4 members (excludes halogenated alkanes) is 4.